The number of hydrogen-bond donors (Lipinski definition) is 1. The van der Waals surface area contributed by atoms with Crippen LogP contribution in [0.1, 0.15) is 6.92 Å². The van der Waals surface area contributed by atoms with Crippen molar-refractivity contribution in [1.82, 2.24) is 4.90 Å². The second kappa shape index (κ2) is 4.68. The van der Waals surface area contributed by atoms with Crippen molar-refractivity contribution >= 4 is 28.9 Å². The summed E-state index contributed by atoms with van der Waals surface area (Å²) in [6.07, 6.45) is 2.02. The molecule has 2 N–H and O–H groups in total. The fourth-order valence-electron chi connectivity index (χ4n) is 1.28. The number of nitrogens with zero attached hydrogens (tertiary/aromatic N) is 1. The third-order valence-electron chi connectivity index (χ3n) is 2.34. The first-order chi connectivity index (χ1) is 6.76. The van der Waals surface area contributed by atoms with Crippen LogP contribution in [0.4, 0.5) is 0 Å². The largest absolute Gasteiger partial charge is 0.627 e. The smallest absolute Gasteiger partial charge is 0.307 e. The van der Waals surface area contributed by atoms with Crippen LogP contribution in [-0.4, -0.2) is 24.7 Å². The summed E-state index contributed by atoms with van der Waals surface area (Å²) in [4.78, 5) is 13.1. The first kappa shape index (κ1) is 13.4. The lowest BCUT2D eigenvalue weighted by Crippen LogP contribution is -2.80. The average Bonchev–Trinajstić information content (AvgIpc) is 2.51. The van der Waals surface area contributed by atoms with Gasteiger partial charge in [0.05, 0.1) is 6.20 Å². The van der Waals surface area contributed by atoms with Gasteiger partial charge in [0.1, 0.15) is 22.5 Å². The first-order valence-electron chi connectivity index (χ1n) is 4.35. The van der Waals surface area contributed by atoms with Crippen LogP contribution in [0.15, 0.2) is 24.0 Å². The van der Waals surface area contributed by atoms with Gasteiger partial charge in [0.2, 0.25) is 5.72 Å². The number of hydrogen-bond acceptors (Lipinski definition) is 3. The van der Waals surface area contributed by atoms with Gasteiger partial charge >= 0.3 is 6.42 Å². The summed E-state index contributed by atoms with van der Waals surface area (Å²) in [5.41, 5.74) is -0.0308. The van der Waals surface area contributed by atoms with Gasteiger partial charge < -0.3 is 4.89 Å². The maximum atomic E-state index is 11.3. The summed E-state index contributed by atoms with van der Waals surface area (Å²) in [6.45, 7) is 1.76. The average molecular weight is 272 g/mol. The van der Waals surface area contributed by atoms with Crippen molar-refractivity contribution in [3.05, 3.63) is 24.0 Å². The van der Waals surface area contributed by atoms with Crippen LogP contribution in [0.3, 0.4) is 0 Å². The van der Waals surface area contributed by atoms with E-state index in [2.05, 4.69) is 0 Å². The van der Waals surface area contributed by atoms with Crippen molar-refractivity contribution in [3.63, 3.8) is 0 Å². The Morgan fingerprint density at radius 2 is 2.13 bits per heavy atom. The van der Waals surface area contributed by atoms with E-state index in [9.17, 15) is 4.89 Å². The van der Waals surface area contributed by atoms with Gasteiger partial charge in [-0.25, -0.2) is 0 Å². The van der Waals surface area contributed by atoms with Gasteiger partial charge in [0.25, 0.3) is 0 Å². The molecule has 1 rings (SSSR count). The summed E-state index contributed by atoms with van der Waals surface area (Å²) in [5, 5.41) is 1.86. The van der Waals surface area contributed by atoms with Gasteiger partial charge in [0, 0.05) is 6.08 Å². The zero-order valence-electron chi connectivity index (χ0n) is 8.78. The molecule has 0 fully saturated rings. The third kappa shape index (κ3) is 3.40. The minimum absolute atomic E-state index is 0.856. The number of likely N-dealkylation sites (N-methyl/N-ethyl adjacent to an activating group) is 1. The Hall–Kier alpha value is 0.330. The molecule has 4 nitrogen and oxygen atoms in total. The molecule has 1 heterocycles. The van der Waals surface area contributed by atoms with E-state index in [4.69, 9.17) is 27.0 Å². The molecule has 0 spiro atoms. The van der Waals surface area contributed by atoms with Crippen LogP contribution in [0.2, 0.25) is 0 Å². The molecule has 0 saturated carbocycles. The molecule has 0 amide bonds. The van der Waals surface area contributed by atoms with E-state index in [1.54, 1.807) is 25.9 Å². The van der Waals surface area contributed by atoms with Crippen LogP contribution in [0, 0.1) is 0 Å². The molecule has 15 heavy (non-hydrogen) atoms. The Morgan fingerprint density at radius 1 is 1.53 bits per heavy atom. The topological polar surface area (TPSA) is 52.1 Å². The molecule has 1 unspecified atom stereocenters. The summed E-state index contributed by atoms with van der Waals surface area (Å²) < 4.78 is 5.24. The molecular weight excluding hydrogens is 258 g/mol. The highest BCUT2D eigenvalue weighted by Crippen LogP contribution is 2.64. The van der Waals surface area contributed by atoms with Crippen LogP contribution in [0.25, 0.3) is 0 Å². The highest BCUT2D eigenvalue weighted by molar-refractivity contribution is 8.09. The molecule has 0 aromatic rings. The lowest BCUT2D eigenvalue weighted by molar-refractivity contribution is -0.548. The maximum absolute atomic E-state index is 11.3. The van der Waals surface area contributed by atoms with E-state index in [0.717, 1.165) is 5.70 Å². The predicted octanol–water partition coefficient (Wildman–Crippen LogP) is 0.771. The quantitative estimate of drug-likeness (QED) is 0.607. The number of rotatable bonds is 4. The molecule has 7 heteroatoms. The minimum Gasteiger partial charge on any atom is -0.627 e. The third-order valence-corrected chi connectivity index (χ3v) is 3.32. The summed E-state index contributed by atoms with van der Waals surface area (Å²) in [7, 11) is 3.60. The standard InChI is InChI=1S/C8H13Cl2N2O2P/c1-8(12(2)3,14-15(9,10)13)7-5-4-6-11-7/h4-6,11H,1-3H3/p+1. The van der Waals surface area contributed by atoms with Crippen LogP contribution in [-0.2, 0) is 4.52 Å². The molecule has 1 aliphatic rings. The fourth-order valence-corrected chi connectivity index (χ4v) is 2.77. The molecule has 0 aromatic heterocycles. The predicted molar refractivity (Wildman–Crippen MR) is 61.0 cm³/mol. The second-order valence-electron chi connectivity index (χ2n) is 3.56. The van der Waals surface area contributed by atoms with E-state index in [1.165, 1.54) is 0 Å². The monoisotopic (exact) mass is 271 g/mol. The fraction of sp³-hybridized carbons (Fsp3) is 0.500. The van der Waals surface area contributed by atoms with Crippen molar-refractivity contribution in [2.24, 2.45) is 0 Å². The Kier molecular flexibility index (Phi) is 4.18. The van der Waals surface area contributed by atoms with Crippen LogP contribution < -0.4 is 10.2 Å². The van der Waals surface area contributed by atoms with Crippen molar-refractivity contribution in [2.75, 3.05) is 14.1 Å². The van der Waals surface area contributed by atoms with Gasteiger partial charge in [0.15, 0.2) is 5.70 Å². The van der Waals surface area contributed by atoms with Crippen LogP contribution in [0.5, 0.6) is 0 Å². The lowest BCUT2D eigenvalue weighted by Gasteiger charge is -2.34. The molecule has 1 aliphatic heterocycles. The Balaban J connectivity index is 2.89. The van der Waals surface area contributed by atoms with Gasteiger partial charge in [-0.15, -0.1) is 0 Å². The lowest BCUT2D eigenvalue weighted by atomic mass is 10.1. The zero-order chi connectivity index (χ0) is 11.7. The Bertz CT molecular complexity index is 302. The SMILES string of the molecule is CN(C)C(C)(O[P+]([O-])(Cl)Cl)C1=CC=C[NH2+]1. The zero-order valence-corrected chi connectivity index (χ0v) is 11.2. The number of halogens is 2. The van der Waals surface area contributed by atoms with E-state index < -0.39 is 12.1 Å². The number of nitrogens with two attached hydrogens (primary N) is 1. The summed E-state index contributed by atoms with van der Waals surface area (Å²) >= 11 is 10.9. The molecule has 0 radical (unpaired) electrons. The normalized spacial score (nSPS) is 20.6. The number of allylic oxidation sites excluding steroid dienone is 2. The molecule has 86 valence electrons. The minimum atomic E-state index is -3.58. The summed E-state index contributed by atoms with van der Waals surface area (Å²) in [5.74, 6) is 0. The maximum Gasteiger partial charge on any atom is 0.307 e. The van der Waals surface area contributed by atoms with E-state index in [1.807, 2.05) is 23.7 Å². The van der Waals surface area contributed by atoms with Gasteiger partial charge in [-0.05, 0) is 27.1 Å². The first-order valence-corrected chi connectivity index (χ1v) is 7.79. The molecule has 0 aromatic carbocycles. The van der Waals surface area contributed by atoms with Crippen LogP contribution >= 0.6 is 28.9 Å². The summed E-state index contributed by atoms with van der Waals surface area (Å²) in [6, 6.07) is 0. The van der Waals surface area contributed by atoms with Gasteiger partial charge in [-0.1, -0.05) is 0 Å². The molecule has 1 atom stereocenters. The van der Waals surface area contributed by atoms with Crippen molar-refractivity contribution in [3.8, 4) is 0 Å². The number of quaternary nitrogens is 1. The Labute approximate surface area is 99.6 Å². The highest BCUT2D eigenvalue weighted by Gasteiger charge is 2.46. The second-order valence-corrected chi connectivity index (χ2v) is 7.76. The van der Waals surface area contributed by atoms with Crippen molar-refractivity contribution in [2.45, 2.75) is 12.6 Å². The van der Waals surface area contributed by atoms with E-state index in [-0.39, 0.29) is 0 Å². The van der Waals surface area contributed by atoms with Gasteiger partial charge in [-0.3, -0.25) is 10.2 Å². The van der Waals surface area contributed by atoms with E-state index in [0.29, 0.717) is 0 Å². The molecule has 0 saturated heterocycles. The molecular formula is C8H14Cl2N2O2P+. The van der Waals surface area contributed by atoms with Crippen molar-refractivity contribution in [1.29, 1.82) is 0 Å². The Morgan fingerprint density at radius 3 is 2.47 bits per heavy atom. The molecule has 0 bridgehead atoms. The highest BCUT2D eigenvalue weighted by atomic mass is 35.9. The van der Waals surface area contributed by atoms with E-state index >= 15 is 0 Å². The molecule has 0 aliphatic carbocycles. The van der Waals surface area contributed by atoms with Gasteiger partial charge in [-0.2, -0.15) is 4.52 Å². The van der Waals surface area contributed by atoms with Crippen molar-refractivity contribution < 1.29 is 14.7 Å².